The Balaban J connectivity index is 2.03. The molecule has 1 aliphatic heterocycles. The summed E-state index contributed by atoms with van der Waals surface area (Å²) in [5, 5.41) is 19.1. The van der Waals surface area contributed by atoms with E-state index in [-0.39, 0.29) is 30.8 Å². The van der Waals surface area contributed by atoms with E-state index in [2.05, 4.69) is 34.4 Å². The minimum atomic E-state index is -1.12. The fourth-order valence-electron chi connectivity index (χ4n) is 2.52. The van der Waals surface area contributed by atoms with E-state index in [0.717, 1.165) is 4.90 Å². The van der Waals surface area contributed by atoms with Gasteiger partial charge in [0.25, 0.3) is 11.8 Å². The van der Waals surface area contributed by atoms with E-state index in [4.69, 9.17) is 5.11 Å². The molecule has 0 aromatic heterocycles. The third-order valence-corrected chi connectivity index (χ3v) is 4.17. The van der Waals surface area contributed by atoms with Crippen molar-refractivity contribution in [2.24, 2.45) is 0 Å². The number of imide groups is 1. The van der Waals surface area contributed by atoms with E-state index in [1.807, 2.05) is 0 Å². The van der Waals surface area contributed by atoms with Crippen molar-refractivity contribution in [2.75, 3.05) is 32.7 Å². The van der Waals surface area contributed by atoms with E-state index in [1.165, 1.54) is 12.2 Å². The molecule has 0 radical (unpaired) electrons. The topological polar surface area (TPSA) is 157 Å². The lowest BCUT2D eigenvalue weighted by molar-refractivity contribution is -0.138. The summed E-state index contributed by atoms with van der Waals surface area (Å²) >= 11 is 0. The molecule has 0 aliphatic carbocycles. The first-order valence-corrected chi connectivity index (χ1v) is 9.81. The van der Waals surface area contributed by atoms with Gasteiger partial charge in [0.2, 0.25) is 11.8 Å². The van der Waals surface area contributed by atoms with E-state index in [1.54, 1.807) is 0 Å². The quantitative estimate of drug-likeness (QED) is 0.153. The molecule has 170 valence electrons. The number of nitrogens with zero attached hydrogens (tertiary/aromatic N) is 1. The Morgan fingerprint density at radius 2 is 1.32 bits per heavy atom. The van der Waals surface area contributed by atoms with Gasteiger partial charge in [-0.05, 0) is 25.7 Å². The number of allylic oxidation sites excluding steroid dienone is 2. The lowest BCUT2D eigenvalue weighted by Crippen LogP contribution is -2.36. The number of carboxylic acid groups (broad SMARTS) is 1. The van der Waals surface area contributed by atoms with Gasteiger partial charge in [-0.15, -0.1) is 0 Å². The van der Waals surface area contributed by atoms with Gasteiger partial charge in [-0.3, -0.25) is 28.9 Å². The van der Waals surface area contributed by atoms with Crippen LogP contribution in [0.1, 0.15) is 25.7 Å². The van der Waals surface area contributed by atoms with Crippen molar-refractivity contribution in [1.82, 2.24) is 26.2 Å². The lowest BCUT2D eigenvalue weighted by Gasteiger charge is -2.14. The van der Waals surface area contributed by atoms with Gasteiger partial charge in [-0.25, -0.2) is 0 Å². The van der Waals surface area contributed by atoms with Crippen molar-refractivity contribution < 1.29 is 29.1 Å². The van der Waals surface area contributed by atoms with Crippen molar-refractivity contribution in [3.63, 3.8) is 0 Å². The first-order chi connectivity index (χ1) is 14.7. The second kappa shape index (κ2) is 13.6. The number of carboxylic acids is 1. The molecule has 1 aliphatic rings. The number of hydrogen-bond acceptors (Lipinski definition) is 7. The van der Waals surface area contributed by atoms with Gasteiger partial charge < -0.3 is 26.4 Å². The summed E-state index contributed by atoms with van der Waals surface area (Å²) in [5.74, 6) is -2.40. The molecule has 11 nitrogen and oxygen atoms in total. The maximum Gasteiger partial charge on any atom is 0.322 e. The molecule has 0 spiro atoms. The van der Waals surface area contributed by atoms with Crippen LogP contribution < -0.4 is 21.3 Å². The Morgan fingerprint density at radius 3 is 1.87 bits per heavy atom. The normalized spacial score (nSPS) is 12.5. The van der Waals surface area contributed by atoms with Crippen molar-refractivity contribution in [3.8, 4) is 0 Å². The van der Waals surface area contributed by atoms with Crippen LogP contribution in [0.5, 0.6) is 0 Å². The fraction of sp³-hybridized carbons (Fsp3) is 0.450. The van der Waals surface area contributed by atoms with E-state index >= 15 is 0 Å². The highest BCUT2D eigenvalue weighted by atomic mass is 16.4. The number of aliphatic carboxylic acids is 1. The van der Waals surface area contributed by atoms with Gasteiger partial charge in [-0.2, -0.15) is 0 Å². The molecule has 0 saturated carbocycles. The summed E-state index contributed by atoms with van der Waals surface area (Å²) in [5.41, 5.74) is 1.25. The Bertz CT molecular complexity index is 743. The summed E-state index contributed by atoms with van der Waals surface area (Å²) in [6.45, 7) is 7.88. The average Bonchev–Trinajstić information content (AvgIpc) is 3.04. The number of nitrogens with one attached hydrogen (secondary N) is 4. The summed E-state index contributed by atoms with van der Waals surface area (Å²) in [4.78, 5) is 57.6. The molecule has 31 heavy (non-hydrogen) atoms. The van der Waals surface area contributed by atoms with Crippen molar-refractivity contribution >= 4 is 29.6 Å². The third-order valence-electron chi connectivity index (χ3n) is 4.17. The van der Waals surface area contributed by atoms with Gasteiger partial charge in [0, 0.05) is 36.6 Å². The zero-order chi connectivity index (χ0) is 23.2. The van der Waals surface area contributed by atoms with Gasteiger partial charge in [0.1, 0.15) is 6.54 Å². The molecule has 0 aromatic rings. The minimum absolute atomic E-state index is 0.0604. The first-order valence-electron chi connectivity index (χ1n) is 9.81. The first kappa shape index (κ1) is 25.4. The molecule has 4 amide bonds. The molecule has 0 fully saturated rings. The van der Waals surface area contributed by atoms with Gasteiger partial charge in [-0.1, -0.05) is 13.2 Å². The Morgan fingerprint density at radius 1 is 0.806 bits per heavy atom. The Hall–Kier alpha value is -3.63. The van der Waals surface area contributed by atoms with E-state index in [9.17, 15) is 24.0 Å². The van der Waals surface area contributed by atoms with Crippen LogP contribution >= 0.6 is 0 Å². The van der Waals surface area contributed by atoms with E-state index < -0.39 is 18.4 Å². The zero-order valence-corrected chi connectivity index (χ0v) is 17.4. The number of amides is 4. The molecule has 0 saturated heterocycles. The molecule has 1 rings (SSSR count). The second-order valence-corrected chi connectivity index (χ2v) is 6.80. The summed E-state index contributed by atoms with van der Waals surface area (Å²) in [6, 6.07) is 0. The van der Waals surface area contributed by atoms with Crippen molar-refractivity contribution in [1.29, 1.82) is 0 Å². The van der Waals surface area contributed by atoms with Crippen LogP contribution in [0.3, 0.4) is 0 Å². The highest BCUT2D eigenvalue weighted by Gasteiger charge is 2.22. The average molecular weight is 435 g/mol. The highest BCUT2D eigenvalue weighted by Crippen LogP contribution is 2.07. The second-order valence-electron chi connectivity index (χ2n) is 6.80. The summed E-state index contributed by atoms with van der Waals surface area (Å²) in [6.07, 6.45) is 4.71. The number of carbonyl (C=O) groups is 5. The lowest BCUT2D eigenvalue weighted by atomic mass is 10.2. The highest BCUT2D eigenvalue weighted by molar-refractivity contribution is 6.12. The van der Waals surface area contributed by atoms with Crippen molar-refractivity contribution in [2.45, 2.75) is 25.7 Å². The predicted molar refractivity (Wildman–Crippen MR) is 112 cm³/mol. The number of hydrogen-bond donors (Lipinski definition) is 5. The smallest absolute Gasteiger partial charge is 0.322 e. The van der Waals surface area contributed by atoms with Gasteiger partial charge in [0.15, 0.2) is 0 Å². The Labute approximate surface area is 180 Å². The molecule has 0 bridgehead atoms. The molecule has 0 aromatic carbocycles. The molecule has 11 heteroatoms. The maximum atomic E-state index is 11.8. The molecular weight excluding hydrogens is 406 g/mol. The predicted octanol–water partition coefficient (Wildman–Crippen LogP) is -1.00. The van der Waals surface area contributed by atoms with Gasteiger partial charge in [0.05, 0.1) is 13.1 Å². The molecule has 5 N–H and O–H groups in total. The molecule has 0 atom stereocenters. The van der Waals surface area contributed by atoms with Crippen LogP contribution in [-0.4, -0.2) is 72.3 Å². The van der Waals surface area contributed by atoms with Crippen LogP contribution in [0.15, 0.2) is 36.7 Å². The van der Waals surface area contributed by atoms with Crippen LogP contribution in [-0.2, 0) is 24.0 Å². The SMILES string of the molecule is C=C(CCCN1C(=O)C=CC1=O)NCC(=O)NCCCC(=C)NCC(=O)NCC(=O)O. The molecule has 0 unspecified atom stereocenters. The van der Waals surface area contributed by atoms with Crippen LogP contribution in [0.2, 0.25) is 0 Å². The summed E-state index contributed by atoms with van der Waals surface area (Å²) < 4.78 is 0. The zero-order valence-electron chi connectivity index (χ0n) is 17.4. The number of carbonyl (C=O) groups excluding carboxylic acids is 4. The van der Waals surface area contributed by atoms with E-state index in [0.29, 0.717) is 50.2 Å². The monoisotopic (exact) mass is 435 g/mol. The Kier molecular flexibility index (Phi) is 11.1. The minimum Gasteiger partial charge on any atom is -0.480 e. The molecule has 1 heterocycles. The van der Waals surface area contributed by atoms with Crippen molar-refractivity contribution in [3.05, 3.63) is 36.7 Å². The van der Waals surface area contributed by atoms with Crippen LogP contribution in [0.25, 0.3) is 0 Å². The largest absolute Gasteiger partial charge is 0.480 e. The summed E-state index contributed by atoms with van der Waals surface area (Å²) in [7, 11) is 0. The third kappa shape index (κ3) is 11.2. The van der Waals surface area contributed by atoms with Crippen LogP contribution in [0, 0.1) is 0 Å². The number of rotatable bonds is 16. The molecular formula is C20H29N5O6. The van der Waals surface area contributed by atoms with Gasteiger partial charge >= 0.3 is 5.97 Å². The van der Waals surface area contributed by atoms with Crippen LogP contribution in [0.4, 0.5) is 0 Å². The maximum absolute atomic E-state index is 11.8. The fourth-order valence-corrected chi connectivity index (χ4v) is 2.52. The standard InChI is InChI=1S/C20H29N5O6/c1-14(23-12-17(27)24-13-20(30)31)5-3-9-21-16(26)11-22-15(2)6-4-10-25-18(28)7-8-19(25)29/h7-8,22-23H,1-6,9-13H2,(H,21,26)(H,24,27)(H,30,31).